The van der Waals surface area contributed by atoms with Gasteiger partial charge < -0.3 is 10.2 Å². The van der Waals surface area contributed by atoms with Crippen LogP contribution in [-0.4, -0.2) is 21.7 Å². The molecule has 0 heterocycles. The number of benzene rings is 1. The summed E-state index contributed by atoms with van der Waals surface area (Å²) in [6.45, 7) is -0.552. The van der Waals surface area contributed by atoms with E-state index in [0.29, 0.717) is 5.56 Å². The van der Waals surface area contributed by atoms with Gasteiger partial charge in [-0.25, -0.2) is 0 Å². The number of aliphatic hydroxyl groups is 1. The van der Waals surface area contributed by atoms with E-state index in [4.69, 9.17) is 5.11 Å². The van der Waals surface area contributed by atoms with E-state index in [-0.39, 0.29) is 5.75 Å². The first kappa shape index (κ1) is 9.47. The molecule has 0 unspecified atom stereocenters. The molecule has 0 aliphatic heterocycles. The van der Waals surface area contributed by atoms with Gasteiger partial charge in [0.15, 0.2) is 0 Å². The number of nitro groups is 1. The van der Waals surface area contributed by atoms with E-state index in [1.165, 1.54) is 24.3 Å². The zero-order chi connectivity index (χ0) is 9.84. The summed E-state index contributed by atoms with van der Waals surface area (Å²) in [5.41, 5.74) is 0.344. The van der Waals surface area contributed by atoms with Crippen molar-refractivity contribution in [3.63, 3.8) is 0 Å². The highest BCUT2D eigenvalue weighted by Crippen LogP contribution is 2.17. The first-order valence-electron chi connectivity index (χ1n) is 3.68. The summed E-state index contributed by atoms with van der Waals surface area (Å²) in [5, 5.41) is 28.3. The number of phenolic OH excluding ortho intramolecular Hbond substituents is 1. The Morgan fingerprint density at radius 1 is 1.54 bits per heavy atom. The van der Waals surface area contributed by atoms with Gasteiger partial charge in [0.2, 0.25) is 6.54 Å². The fraction of sp³-hybridized carbons (Fsp3) is 0.250. The molecule has 0 aliphatic rings. The second kappa shape index (κ2) is 3.86. The van der Waals surface area contributed by atoms with E-state index in [2.05, 4.69) is 0 Å². The van der Waals surface area contributed by atoms with Crippen molar-refractivity contribution in [2.75, 3.05) is 6.54 Å². The average Bonchev–Trinajstić information content (AvgIpc) is 2.03. The molecular formula is C8H9NO4. The normalized spacial score (nSPS) is 12.4. The molecule has 0 bridgehead atoms. The van der Waals surface area contributed by atoms with Crippen molar-refractivity contribution in [3.8, 4) is 5.75 Å². The molecule has 0 radical (unpaired) electrons. The Morgan fingerprint density at radius 2 is 2.23 bits per heavy atom. The Hall–Kier alpha value is -1.62. The number of rotatable bonds is 3. The van der Waals surface area contributed by atoms with Crippen LogP contribution in [0.4, 0.5) is 0 Å². The van der Waals surface area contributed by atoms with Crippen LogP contribution in [0.5, 0.6) is 5.75 Å². The molecule has 0 spiro atoms. The van der Waals surface area contributed by atoms with E-state index >= 15 is 0 Å². The highest BCUT2D eigenvalue weighted by Gasteiger charge is 2.13. The van der Waals surface area contributed by atoms with Crippen LogP contribution in [-0.2, 0) is 0 Å². The van der Waals surface area contributed by atoms with Crippen LogP contribution < -0.4 is 0 Å². The predicted octanol–water partition coefficient (Wildman–Crippen LogP) is 0.702. The van der Waals surface area contributed by atoms with E-state index in [1.807, 2.05) is 0 Å². The summed E-state index contributed by atoms with van der Waals surface area (Å²) in [6, 6.07) is 5.78. The van der Waals surface area contributed by atoms with Gasteiger partial charge >= 0.3 is 0 Å². The molecule has 0 aliphatic carbocycles. The molecule has 70 valence electrons. The van der Waals surface area contributed by atoms with Gasteiger partial charge in [0, 0.05) is 4.92 Å². The monoisotopic (exact) mass is 183 g/mol. The van der Waals surface area contributed by atoms with Gasteiger partial charge in [-0.3, -0.25) is 10.1 Å². The number of aliphatic hydroxyl groups excluding tert-OH is 1. The van der Waals surface area contributed by atoms with Crippen molar-refractivity contribution in [3.05, 3.63) is 39.9 Å². The van der Waals surface area contributed by atoms with E-state index < -0.39 is 17.6 Å². The van der Waals surface area contributed by atoms with Crippen molar-refractivity contribution in [1.29, 1.82) is 0 Å². The average molecular weight is 183 g/mol. The van der Waals surface area contributed by atoms with Crippen LogP contribution in [0.1, 0.15) is 11.7 Å². The third kappa shape index (κ3) is 2.72. The summed E-state index contributed by atoms with van der Waals surface area (Å²) in [4.78, 5) is 9.45. The van der Waals surface area contributed by atoms with Crippen LogP contribution in [0.25, 0.3) is 0 Å². The fourth-order valence-corrected chi connectivity index (χ4v) is 0.979. The zero-order valence-electron chi connectivity index (χ0n) is 6.75. The molecule has 2 N–H and O–H groups in total. The maximum Gasteiger partial charge on any atom is 0.233 e. The second-order valence-corrected chi connectivity index (χ2v) is 2.63. The number of aromatic hydroxyl groups is 1. The van der Waals surface area contributed by atoms with Gasteiger partial charge in [-0.15, -0.1) is 0 Å². The van der Waals surface area contributed by atoms with Crippen LogP contribution in [0.15, 0.2) is 24.3 Å². The molecule has 5 nitrogen and oxygen atoms in total. The first-order valence-corrected chi connectivity index (χ1v) is 3.68. The third-order valence-electron chi connectivity index (χ3n) is 1.58. The fourth-order valence-electron chi connectivity index (χ4n) is 0.979. The summed E-state index contributed by atoms with van der Waals surface area (Å²) < 4.78 is 0. The molecule has 0 amide bonds. The number of phenols is 1. The van der Waals surface area contributed by atoms with Crippen molar-refractivity contribution in [1.82, 2.24) is 0 Å². The maximum atomic E-state index is 10.1. The highest BCUT2D eigenvalue weighted by molar-refractivity contribution is 5.28. The van der Waals surface area contributed by atoms with Crippen LogP contribution in [0.2, 0.25) is 0 Å². The Kier molecular flexibility index (Phi) is 2.81. The molecule has 1 aromatic carbocycles. The SMILES string of the molecule is O=[N+]([O-])C[C@@H](O)c1cccc(O)c1. The Morgan fingerprint density at radius 3 is 2.77 bits per heavy atom. The molecule has 0 saturated heterocycles. The topological polar surface area (TPSA) is 83.6 Å². The summed E-state index contributed by atoms with van der Waals surface area (Å²) in [5.74, 6) is -0.0140. The van der Waals surface area contributed by atoms with Crippen molar-refractivity contribution in [2.24, 2.45) is 0 Å². The lowest BCUT2D eigenvalue weighted by Crippen LogP contribution is -2.11. The van der Waals surface area contributed by atoms with Gasteiger partial charge in [-0.2, -0.15) is 0 Å². The third-order valence-corrected chi connectivity index (χ3v) is 1.58. The van der Waals surface area contributed by atoms with E-state index in [9.17, 15) is 15.2 Å². The quantitative estimate of drug-likeness (QED) is 0.533. The van der Waals surface area contributed by atoms with E-state index in [0.717, 1.165) is 0 Å². The van der Waals surface area contributed by atoms with E-state index in [1.54, 1.807) is 0 Å². The molecule has 0 saturated carbocycles. The molecule has 1 rings (SSSR count). The standard InChI is InChI=1S/C8H9NO4/c10-7-3-1-2-6(4-7)8(11)5-9(12)13/h1-4,8,10-11H,5H2/t8-/m1/s1. The molecular weight excluding hydrogens is 174 g/mol. The number of hydrogen-bond acceptors (Lipinski definition) is 4. The Labute approximate surface area is 74.4 Å². The summed E-state index contributed by atoms with van der Waals surface area (Å²) in [6.07, 6.45) is -1.16. The molecule has 1 atom stereocenters. The van der Waals surface area contributed by atoms with Crippen molar-refractivity contribution >= 4 is 0 Å². The molecule has 0 aromatic heterocycles. The minimum Gasteiger partial charge on any atom is -0.508 e. The minimum absolute atomic E-state index is 0.0140. The molecule has 5 heteroatoms. The van der Waals surface area contributed by atoms with Gasteiger partial charge in [0.05, 0.1) is 0 Å². The lowest BCUT2D eigenvalue weighted by atomic mass is 10.1. The lowest BCUT2D eigenvalue weighted by molar-refractivity contribution is -0.491. The largest absolute Gasteiger partial charge is 0.508 e. The minimum atomic E-state index is -1.16. The van der Waals surface area contributed by atoms with Gasteiger partial charge in [-0.05, 0) is 17.7 Å². The molecule has 13 heavy (non-hydrogen) atoms. The van der Waals surface area contributed by atoms with Crippen LogP contribution >= 0.6 is 0 Å². The molecule has 1 aromatic rings. The first-order chi connectivity index (χ1) is 6.09. The lowest BCUT2D eigenvalue weighted by Gasteiger charge is -2.05. The van der Waals surface area contributed by atoms with Crippen molar-refractivity contribution in [2.45, 2.75) is 6.10 Å². The van der Waals surface area contributed by atoms with Crippen molar-refractivity contribution < 1.29 is 15.1 Å². The van der Waals surface area contributed by atoms with Crippen LogP contribution in [0, 0.1) is 10.1 Å². The maximum absolute atomic E-state index is 10.1. The van der Waals surface area contributed by atoms with Gasteiger partial charge in [0.25, 0.3) is 0 Å². The Bertz CT molecular complexity index is 313. The van der Waals surface area contributed by atoms with Gasteiger partial charge in [-0.1, -0.05) is 12.1 Å². The number of hydrogen-bond donors (Lipinski definition) is 2. The van der Waals surface area contributed by atoms with Gasteiger partial charge in [0.1, 0.15) is 11.9 Å². The Balaban J connectivity index is 2.76. The summed E-state index contributed by atoms with van der Waals surface area (Å²) >= 11 is 0. The second-order valence-electron chi connectivity index (χ2n) is 2.63. The zero-order valence-corrected chi connectivity index (χ0v) is 6.75. The highest BCUT2D eigenvalue weighted by atomic mass is 16.6. The predicted molar refractivity (Wildman–Crippen MR) is 44.9 cm³/mol. The summed E-state index contributed by atoms with van der Waals surface area (Å²) in [7, 11) is 0. The molecule has 0 fully saturated rings. The number of nitrogens with zero attached hydrogens (tertiary/aromatic N) is 1. The smallest absolute Gasteiger partial charge is 0.233 e. The van der Waals surface area contributed by atoms with Crippen LogP contribution in [0.3, 0.4) is 0 Å².